The summed E-state index contributed by atoms with van der Waals surface area (Å²) in [5, 5.41) is 38.1. The van der Waals surface area contributed by atoms with E-state index in [2.05, 4.69) is 0 Å². The number of rotatable bonds is 3. The fraction of sp³-hybridized carbons (Fsp3) is 0.538. The molecular formula is C13H18O5. The van der Waals surface area contributed by atoms with Crippen LogP contribution in [-0.4, -0.2) is 45.5 Å². The molecule has 18 heavy (non-hydrogen) atoms. The van der Waals surface area contributed by atoms with Gasteiger partial charge in [-0.3, -0.25) is 0 Å². The molecule has 0 amide bonds. The minimum absolute atomic E-state index is 0.0436. The van der Waals surface area contributed by atoms with Crippen LogP contribution in [0.4, 0.5) is 0 Å². The van der Waals surface area contributed by atoms with Crippen LogP contribution in [-0.2, 0) is 11.2 Å². The minimum atomic E-state index is -1.04. The zero-order valence-corrected chi connectivity index (χ0v) is 9.94. The van der Waals surface area contributed by atoms with Gasteiger partial charge in [0.15, 0.2) is 6.29 Å². The standard InChI is InChI=1S/C13H18O5/c14-9-4-1-8(2-5-9)3-6-10-12(16)11(15)7-18-13(10)17/h1-2,4-5,10-17H,3,6-7H2/t10-,11+,12+,13?/m1/s1. The maximum atomic E-state index is 9.80. The molecule has 4 N–H and O–H groups in total. The van der Waals surface area contributed by atoms with Crippen LogP contribution in [0.1, 0.15) is 12.0 Å². The van der Waals surface area contributed by atoms with E-state index in [1.165, 1.54) is 0 Å². The molecule has 1 aromatic carbocycles. The first kappa shape index (κ1) is 13.3. The second kappa shape index (κ2) is 5.67. The van der Waals surface area contributed by atoms with Crippen LogP contribution >= 0.6 is 0 Å². The van der Waals surface area contributed by atoms with Gasteiger partial charge in [0, 0.05) is 5.92 Å². The SMILES string of the molecule is Oc1ccc(CC[C@H]2C(O)OC[C@H](O)[C@H]2O)cc1. The minimum Gasteiger partial charge on any atom is -0.508 e. The van der Waals surface area contributed by atoms with Gasteiger partial charge in [-0.05, 0) is 30.5 Å². The van der Waals surface area contributed by atoms with Crippen molar-refractivity contribution in [3.8, 4) is 5.75 Å². The zero-order chi connectivity index (χ0) is 13.1. The summed E-state index contributed by atoms with van der Waals surface area (Å²) in [6, 6.07) is 6.76. The van der Waals surface area contributed by atoms with E-state index >= 15 is 0 Å². The summed E-state index contributed by atoms with van der Waals surface area (Å²) >= 11 is 0. The Bertz CT molecular complexity index is 377. The lowest BCUT2D eigenvalue weighted by atomic mass is 9.89. The van der Waals surface area contributed by atoms with Crippen LogP contribution in [0.25, 0.3) is 0 Å². The van der Waals surface area contributed by atoms with Gasteiger partial charge in [0.2, 0.25) is 0 Å². The van der Waals surface area contributed by atoms with Gasteiger partial charge < -0.3 is 25.2 Å². The molecule has 0 saturated carbocycles. The van der Waals surface area contributed by atoms with E-state index in [9.17, 15) is 15.3 Å². The lowest BCUT2D eigenvalue weighted by Gasteiger charge is -2.35. The van der Waals surface area contributed by atoms with E-state index in [0.29, 0.717) is 12.8 Å². The molecule has 4 atom stereocenters. The van der Waals surface area contributed by atoms with E-state index < -0.39 is 24.4 Å². The average molecular weight is 254 g/mol. The Labute approximate surface area is 105 Å². The highest BCUT2D eigenvalue weighted by atomic mass is 16.6. The summed E-state index contributed by atoms with van der Waals surface area (Å²) in [6.07, 6.45) is -1.82. The van der Waals surface area contributed by atoms with Gasteiger partial charge in [0.1, 0.15) is 11.9 Å². The van der Waals surface area contributed by atoms with Crippen LogP contribution < -0.4 is 0 Å². The largest absolute Gasteiger partial charge is 0.508 e. The number of aliphatic hydroxyl groups is 3. The molecule has 1 unspecified atom stereocenters. The fourth-order valence-corrected chi connectivity index (χ4v) is 2.18. The van der Waals surface area contributed by atoms with E-state index in [1.807, 2.05) is 0 Å². The number of aromatic hydroxyl groups is 1. The van der Waals surface area contributed by atoms with E-state index in [4.69, 9.17) is 9.84 Å². The monoisotopic (exact) mass is 254 g/mol. The molecule has 1 aliphatic rings. The number of phenolic OH excluding ortho intramolecular Hbond substituents is 1. The van der Waals surface area contributed by atoms with Crippen molar-refractivity contribution in [1.82, 2.24) is 0 Å². The third-order valence-electron chi connectivity index (χ3n) is 3.34. The maximum absolute atomic E-state index is 9.80. The van der Waals surface area contributed by atoms with Crippen LogP contribution in [0.3, 0.4) is 0 Å². The molecule has 1 saturated heterocycles. The van der Waals surface area contributed by atoms with Gasteiger partial charge in [-0.2, -0.15) is 0 Å². The Morgan fingerprint density at radius 3 is 2.44 bits per heavy atom. The Morgan fingerprint density at radius 2 is 1.78 bits per heavy atom. The maximum Gasteiger partial charge on any atom is 0.160 e. The second-order valence-corrected chi connectivity index (χ2v) is 4.65. The lowest BCUT2D eigenvalue weighted by Crippen LogP contribution is -2.49. The summed E-state index contributed by atoms with van der Waals surface area (Å²) in [7, 11) is 0. The number of hydrogen-bond acceptors (Lipinski definition) is 5. The molecule has 0 aromatic heterocycles. The van der Waals surface area contributed by atoms with E-state index in [-0.39, 0.29) is 12.4 Å². The zero-order valence-electron chi connectivity index (χ0n) is 9.94. The smallest absolute Gasteiger partial charge is 0.160 e. The Kier molecular flexibility index (Phi) is 4.19. The predicted molar refractivity (Wildman–Crippen MR) is 63.9 cm³/mol. The molecule has 100 valence electrons. The van der Waals surface area contributed by atoms with Crippen molar-refractivity contribution >= 4 is 0 Å². The first-order valence-corrected chi connectivity index (χ1v) is 6.01. The van der Waals surface area contributed by atoms with Crippen molar-refractivity contribution in [2.75, 3.05) is 6.61 Å². The number of benzene rings is 1. The predicted octanol–water partition coefficient (Wildman–Crippen LogP) is 0.0114. The first-order valence-electron chi connectivity index (χ1n) is 6.01. The Morgan fingerprint density at radius 1 is 1.11 bits per heavy atom. The summed E-state index contributed by atoms with van der Waals surface area (Å²) in [4.78, 5) is 0. The highest BCUT2D eigenvalue weighted by Crippen LogP contribution is 2.25. The van der Waals surface area contributed by atoms with Gasteiger partial charge in [0.05, 0.1) is 12.7 Å². The highest BCUT2D eigenvalue weighted by Gasteiger charge is 2.37. The van der Waals surface area contributed by atoms with Crippen molar-refractivity contribution in [3.05, 3.63) is 29.8 Å². The van der Waals surface area contributed by atoms with Crippen molar-refractivity contribution in [2.24, 2.45) is 5.92 Å². The lowest BCUT2D eigenvalue weighted by molar-refractivity contribution is -0.231. The summed E-state index contributed by atoms with van der Waals surface area (Å²) in [5.74, 6) is -0.294. The van der Waals surface area contributed by atoms with Gasteiger partial charge >= 0.3 is 0 Å². The van der Waals surface area contributed by atoms with Gasteiger partial charge in [-0.1, -0.05) is 12.1 Å². The molecular weight excluding hydrogens is 236 g/mol. The van der Waals surface area contributed by atoms with Crippen molar-refractivity contribution in [3.63, 3.8) is 0 Å². The molecule has 1 aromatic rings. The topological polar surface area (TPSA) is 90.2 Å². The number of ether oxygens (including phenoxy) is 1. The van der Waals surface area contributed by atoms with Crippen LogP contribution in [0.2, 0.25) is 0 Å². The molecule has 1 aliphatic heterocycles. The molecule has 2 rings (SSSR count). The van der Waals surface area contributed by atoms with Crippen molar-refractivity contribution < 1.29 is 25.2 Å². The quantitative estimate of drug-likeness (QED) is 0.610. The van der Waals surface area contributed by atoms with Gasteiger partial charge in [0.25, 0.3) is 0 Å². The van der Waals surface area contributed by atoms with E-state index in [0.717, 1.165) is 5.56 Å². The molecule has 0 radical (unpaired) electrons. The number of phenols is 1. The number of aryl methyl sites for hydroxylation is 1. The van der Waals surface area contributed by atoms with Crippen molar-refractivity contribution in [2.45, 2.75) is 31.3 Å². The Balaban J connectivity index is 1.93. The van der Waals surface area contributed by atoms with Crippen LogP contribution in [0.5, 0.6) is 5.75 Å². The fourth-order valence-electron chi connectivity index (χ4n) is 2.18. The summed E-state index contributed by atoms with van der Waals surface area (Å²) in [6.45, 7) is -0.0436. The van der Waals surface area contributed by atoms with E-state index in [1.54, 1.807) is 24.3 Å². The molecule has 0 spiro atoms. The highest BCUT2D eigenvalue weighted by molar-refractivity contribution is 5.25. The van der Waals surface area contributed by atoms with Crippen LogP contribution in [0.15, 0.2) is 24.3 Å². The average Bonchev–Trinajstić information content (AvgIpc) is 2.36. The molecule has 5 nitrogen and oxygen atoms in total. The first-order chi connectivity index (χ1) is 8.58. The number of hydrogen-bond donors (Lipinski definition) is 4. The molecule has 5 heteroatoms. The van der Waals surface area contributed by atoms with Gasteiger partial charge in [-0.15, -0.1) is 0 Å². The molecule has 0 aliphatic carbocycles. The number of aliphatic hydroxyl groups excluding tert-OH is 3. The molecule has 0 bridgehead atoms. The third kappa shape index (κ3) is 3.00. The molecule has 1 fully saturated rings. The normalized spacial score (nSPS) is 32.4. The van der Waals surface area contributed by atoms with Crippen LogP contribution in [0, 0.1) is 5.92 Å². The summed E-state index contributed by atoms with van der Waals surface area (Å²) < 4.78 is 4.99. The second-order valence-electron chi connectivity index (χ2n) is 4.65. The summed E-state index contributed by atoms with van der Waals surface area (Å²) in [5.41, 5.74) is 0.993. The Hall–Kier alpha value is -1.14. The van der Waals surface area contributed by atoms with Crippen molar-refractivity contribution in [1.29, 1.82) is 0 Å². The third-order valence-corrected chi connectivity index (χ3v) is 3.34. The molecule has 1 heterocycles. The van der Waals surface area contributed by atoms with Gasteiger partial charge in [-0.25, -0.2) is 0 Å².